The minimum atomic E-state index is 0.103. The first kappa shape index (κ1) is 14.4. The van der Waals surface area contributed by atoms with Crippen LogP contribution in [-0.2, 0) is 9.53 Å². The van der Waals surface area contributed by atoms with Crippen molar-refractivity contribution in [2.45, 2.75) is 47.1 Å². The summed E-state index contributed by atoms with van der Waals surface area (Å²) in [6.07, 6.45) is 1.23. The Morgan fingerprint density at radius 1 is 1.27 bits per heavy atom. The van der Waals surface area contributed by atoms with Crippen LogP contribution < -0.4 is 0 Å². The van der Waals surface area contributed by atoms with Gasteiger partial charge in [-0.15, -0.1) is 0 Å². The van der Waals surface area contributed by atoms with Crippen LogP contribution in [0.4, 0.5) is 0 Å². The molecule has 0 heterocycles. The fourth-order valence-electron chi connectivity index (χ4n) is 1.24. The van der Waals surface area contributed by atoms with Crippen LogP contribution in [-0.4, -0.2) is 36.6 Å². The van der Waals surface area contributed by atoms with Gasteiger partial charge in [-0.25, -0.2) is 0 Å². The molecule has 0 spiro atoms. The lowest BCUT2D eigenvalue weighted by Gasteiger charge is -2.24. The first-order chi connectivity index (χ1) is 7.01. The third-order valence-corrected chi connectivity index (χ3v) is 2.50. The molecular weight excluding hydrogens is 190 g/mol. The first-order valence-corrected chi connectivity index (χ1v) is 5.90. The van der Waals surface area contributed by atoms with Gasteiger partial charge in [0, 0.05) is 13.1 Å². The van der Waals surface area contributed by atoms with E-state index in [4.69, 9.17) is 4.74 Å². The normalized spacial score (nSPS) is 12.9. The van der Waals surface area contributed by atoms with Crippen molar-refractivity contribution in [3.05, 3.63) is 0 Å². The van der Waals surface area contributed by atoms with Gasteiger partial charge in [0.2, 0.25) is 5.91 Å². The Morgan fingerprint density at radius 2 is 1.87 bits per heavy atom. The molecule has 90 valence electrons. The van der Waals surface area contributed by atoms with E-state index in [1.165, 1.54) is 0 Å². The maximum absolute atomic E-state index is 11.7. The van der Waals surface area contributed by atoms with E-state index >= 15 is 0 Å². The predicted octanol–water partition coefficient (Wildman–Crippen LogP) is 2.31. The third-order valence-electron chi connectivity index (χ3n) is 2.50. The fraction of sp³-hybridized carbons (Fsp3) is 0.917. The van der Waals surface area contributed by atoms with Crippen LogP contribution in [0.1, 0.15) is 41.0 Å². The molecule has 3 nitrogen and oxygen atoms in total. The minimum Gasteiger partial charge on any atom is -0.369 e. The van der Waals surface area contributed by atoms with Crippen LogP contribution in [0.5, 0.6) is 0 Å². The summed E-state index contributed by atoms with van der Waals surface area (Å²) >= 11 is 0. The molecule has 1 atom stereocenters. The lowest BCUT2D eigenvalue weighted by atomic mass is 10.1. The molecule has 0 bridgehead atoms. The Kier molecular flexibility index (Phi) is 7.39. The van der Waals surface area contributed by atoms with Crippen LogP contribution in [0.15, 0.2) is 0 Å². The van der Waals surface area contributed by atoms with E-state index in [0.29, 0.717) is 5.92 Å². The molecule has 0 rings (SSSR count). The van der Waals surface area contributed by atoms with Gasteiger partial charge < -0.3 is 9.64 Å². The summed E-state index contributed by atoms with van der Waals surface area (Å²) in [4.78, 5) is 13.6. The Morgan fingerprint density at radius 3 is 2.27 bits per heavy atom. The van der Waals surface area contributed by atoms with Crippen molar-refractivity contribution in [3.8, 4) is 0 Å². The zero-order valence-electron chi connectivity index (χ0n) is 10.7. The van der Waals surface area contributed by atoms with Crippen molar-refractivity contribution in [3.63, 3.8) is 0 Å². The maximum Gasteiger partial charge on any atom is 0.248 e. The smallest absolute Gasteiger partial charge is 0.248 e. The van der Waals surface area contributed by atoms with Crippen molar-refractivity contribution in [2.75, 3.05) is 19.7 Å². The van der Waals surface area contributed by atoms with Gasteiger partial charge >= 0.3 is 0 Å². The molecule has 0 saturated heterocycles. The van der Waals surface area contributed by atoms with Gasteiger partial charge in [-0.1, -0.05) is 20.3 Å². The van der Waals surface area contributed by atoms with Crippen molar-refractivity contribution < 1.29 is 9.53 Å². The summed E-state index contributed by atoms with van der Waals surface area (Å²) in [5.74, 6) is 0.666. The topological polar surface area (TPSA) is 29.5 Å². The van der Waals surface area contributed by atoms with Gasteiger partial charge in [0.25, 0.3) is 0 Å². The Labute approximate surface area is 93.8 Å². The molecule has 0 N–H and O–H groups in total. The average molecular weight is 215 g/mol. The molecule has 0 radical (unpaired) electrons. The van der Waals surface area contributed by atoms with Crippen LogP contribution in [0.25, 0.3) is 0 Å². The number of amides is 1. The zero-order valence-corrected chi connectivity index (χ0v) is 10.7. The van der Waals surface area contributed by atoms with Crippen LogP contribution >= 0.6 is 0 Å². The molecule has 0 fully saturated rings. The monoisotopic (exact) mass is 215 g/mol. The molecule has 3 heteroatoms. The highest BCUT2D eigenvalue weighted by Gasteiger charge is 2.14. The average Bonchev–Trinajstić information content (AvgIpc) is 2.21. The summed E-state index contributed by atoms with van der Waals surface area (Å²) in [5, 5.41) is 0. The Hall–Kier alpha value is -0.570. The van der Waals surface area contributed by atoms with E-state index < -0.39 is 0 Å². The fourth-order valence-corrected chi connectivity index (χ4v) is 1.24. The van der Waals surface area contributed by atoms with E-state index in [-0.39, 0.29) is 18.6 Å². The van der Waals surface area contributed by atoms with Gasteiger partial charge in [0.05, 0.1) is 6.10 Å². The second-order valence-electron chi connectivity index (χ2n) is 4.31. The molecular formula is C12H25NO2. The molecule has 0 saturated carbocycles. The number of nitrogens with zero attached hydrogens (tertiary/aromatic N) is 1. The summed E-state index contributed by atoms with van der Waals surface area (Å²) < 4.78 is 5.31. The van der Waals surface area contributed by atoms with Crippen molar-refractivity contribution in [1.29, 1.82) is 0 Å². The number of ether oxygens (including phenoxy) is 1. The van der Waals surface area contributed by atoms with E-state index in [1.807, 2.05) is 25.7 Å². The number of carbonyl (C=O) groups excluding carboxylic acids is 1. The van der Waals surface area contributed by atoms with Crippen LogP contribution in [0, 0.1) is 5.92 Å². The second kappa shape index (κ2) is 7.69. The van der Waals surface area contributed by atoms with E-state index in [9.17, 15) is 4.79 Å². The Balaban J connectivity index is 3.99. The summed E-state index contributed by atoms with van der Waals surface area (Å²) in [6.45, 7) is 12.0. The zero-order chi connectivity index (χ0) is 11.8. The minimum absolute atomic E-state index is 0.103. The van der Waals surface area contributed by atoms with E-state index in [2.05, 4.69) is 13.8 Å². The van der Waals surface area contributed by atoms with Gasteiger partial charge in [-0.2, -0.15) is 0 Å². The van der Waals surface area contributed by atoms with Gasteiger partial charge in [0.15, 0.2) is 0 Å². The molecule has 0 aliphatic heterocycles. The quantitative estimate of drug-likeness (QED) is 0.652. The Bertz CT molecular complexity index is 180. The first-order valence-electron chi connectivity index (χ1n) is 5.90. The molecule has 0 aromatic carbocycles. The number of carbonyl (C=O) groups is 1. The number of rotatable bonds is 7. The molecule has 15 heavy (non-hydrogen) atoms. The van der Waals surface area contributed by atoms with E-state index in [1.54, 1.807) is 0 Å². The lowest BCUT2D eigenvalue weighted by molar-refractivity contribution is -0.138. The molecule has 0 aliphatic rings. The molecule has 1 amide bonds. The highest BCUT2D eigenvalue weighted by atomic mass is 16.5. The number of hydrogen-bond donors (Lipinski definition) is 0. The van der Waals surface area contributed by atoms with Gasteiger partial charge in [-0.05, 0) is 26.7 Å². The summed E-state index contributed by atoms with van der Waals surface area (Å²) in [6, 6.07) is 0. The number of hydrogen-bond acceptors (Lipinski definition) is 2. The van der Waals surface area contributed by atoms with Crippen molar-refractivity contribution >= 4 is 5.91 Å². The van der Waals surface area contributed by atoms with Crippen molar-refractivity contribution in [1.82, 2.24) is 4.90 Å². The lowest BCUT2D eigenvalue weighted by Crippen LogP contribution is -2.37. The summed E-state index contributed by atoms with van der Waals surface area (Å²) in [7, 11) is 0. The second-order valence-corrected chi connectivity index (χ2v) is 4.31. The SMILES string of the molecule is CCC(C)CN(CC)C(=O)COC(C)C. The molecule has 0 aromatic heterocycles. The van der Waals surface area contributed by atoms with E-state index in [0.717, 1.165) is 19.5 Å². The molecule has 1 unspecified atom stereocenters. The van der Waals surface area contributed by atoms with Crippen LogP contribution in [0.3, 0.4) is 0 Å². The third kappa shape index (κ3) is 6.50. The molecule has 0 aliphatic carbocycles. The summed E-state index contributed by atoms with van der Waals surface area (Å²) in [5.41, 5.74) is 0. The highest BCUT2D eigenvalue weighted by Crippen LogP contribution is 2.04. The largest absolute Gasteiger partial charge is 0.369 e. The van der Waals surface area contributed by atoms with Gasteiger partial charge in [-0.3, -0.25) is 4.79 Å². The van der Waals surface area contributed by atoms with Crippen molar-refractivity contribution in [2.24, 2.45) is 5.92 Å². The van der Waals surface area contributed by atoms with Crippen LogP contribution in [0.2, 0.25) is 0 Å². The molecule has 0 aromatic rings. The predicted molar refractivity (Wildman–Crippen MR) is 62.8 cm³/mol. The maximum atomic E-state index is 11.7. The van der Waals surface area contributed by atoms with Gasteiger partial charge in [0.1, 0.15) is 6.61 Å². The highest BCUT2D eigenvalue weighted by molar-refractivity contribution is 5.77. The standard InChI is InChI=1S/C12H25NO2/c1-6-11(5)8-13(7-2)12(14)9-15-10(3)4/h10-11H,6-9H2,1-5H3. The number of likely N-dealkylation sites (N-methyl/N-ethyl adjacent to an activating group) is 1.